The molecule has 27 heavy (non-hydrogen) atoms. The van der Waals surface area contributed by atoms with Gasteiger partial charge in [0, 0.05) is 11.1 Å². The maximum Gasteiger partial charge on any atom is 0.230 e. The zero-order valence-corrected chi connectivity index (χ0v) is 17.2. The van der Waals surface area contributed by atoms with Crippen molar-refractivity contribution in [3.8, 4) is 5.75 Å². The number of carbonyl (C=O) groups excluding carboxylic acids is 1. The fraction of sp³-hybridized carbons (Fsp3) is 0.526. The Hall–Kier alpha value is -1.73. The van der Waals surface area contributed by atoms with Gasteiger partial charge in [-0.3, -0.25) is 9.89 Å². The lowest BCUT2D eigenvalue weighted by Gasteiger charge is -2.26. The molecule has 1 aliphatic carbocycles. The van der Waals surface area contributed by atoms with Crippen molar-refractivity contribution >= 4 is 29.3 Å². The van der Waals surface area contributed by atoms with Gasteiger partial charge in [0.2, 0.25) is 11.1 Å². The van der Waals surface area contributed by atoms with Gasteiger partial charge in [-0.05, 0) is 62.3 Å². The molecule has 0 saturated heterocycles. The van der Waals surface area contributed by atoms with E-state index in [1.807, 2.05) is 19.1 Å². The monoisotopic (exact) mass is 408 g/mol. The van der Waals surface area contributed by atoms with Crippen molar-refractivity contribution in [3.63, 3.8) is 0 Å². The molecule has 0 radical (unpaired) electrons. The van der Waals surface area contributed by atoms with Crippen molar-refractivity contribution in [2.24, 2.45) is 5.92 Å². The fourth-order valence-electron chi connectivity index (χ4n) is 3.07. The lowest BCUT2D eigenvalue weighted by atomic mass is 9.87. The van der Waals surface area contributed by atoms with E-state index >= 15 is 0 Å². The van der Waals surface area contributed by atoms with E-state index in [4.69, 9.17) is 16.3 Å². The Kier molecular flexibility index (Phi) is 7.01. The molecule has 0 atom stereocenters. The number of aromatic nitrogens is 3. The quantitative estimate of drug-likeness (QED) is 0.673. The number of hydrogen-bond acceptors (Lipinski definition) is 5. The molecule has 0 aliphatic heterocycles. The van der Waals surface area contributed by atoms with Gasteiger partial charge in [0.15, 0.2) is 5.82 Å². The summed E-state index contributed by atoms with van der Waals surface area (Å²) in [6.45, 7) is 4.48. The molecule has 1 amide bonds. The molecule has 8 heteroatoms. The average Bonchev–Trinajstić information content (AvgIpc) is 3.11. The number of ether oxygens (including phenoxy) is 1. The van der Waals surface area contributed by atoms with Gasteiger partial charge < -0.3 is 10.1 Å². The number of H-pyrrole nitrogens is 1. The van der Waals surface area contributed by atoms with Gasteiger partial charge in [-0.15, -0.1) is 5.10 Å². The third-order valence-electron chi connectivity index (χ3n) is 4.73. The van der Waals surface area contributed by atoms with E-state index in [1.54, 1.807) is 6.07 Å². The van der Waals surface area contributed by atoms with Crippen LogP contribution < -0.4 is 10.1 Å². The Bertz CT molecular complexity index is 775. The predicted molar refractivity (Wildman–Crippen MR) is 107 cm³/mol. The predicted octanol–water partition coefficient (Wildman–Crippen LogP) is 4.13. The summed E-state index contributed by atoms with van der Waals surface area (Å²) in [6, 6.07) is 5.82. The average molecular weight is 409 g/mol. The second-order valence-electron chi connectivity index (χ2n) is 7.08. The summed E-state index contributed by atoms with van der Waals surface area (Å²) < 4.78 is 5.70. The van der Waals surface area contributed by atoms with Gasteiger partial charge in [-0.2, -0.15) is 0 Å². The maximum atomic E-state index is 12.1. The van der Waals surface area contributed by atoms with E-state index in [0.717, 1.165) is 30.1 Å². The number of nitrogens with zero attached hydrogens (tertiary/aromatic N) is 2. The van der Waals surface area contributed by atoms with Crippen LogP contribution in [-0.4, -0.2) is 32.9 Å². The molecular formula is C19H25ClN4O2S. The lowest BCUT2D eigenvalue weighted by Crippen LogP contribution is -2.38. The number of thioether (sulfide) groups is 1. The van der Waals surface area contributed by atoms with Gasteiger partial charge in [0.1, 0.15) is 12.4 Å². The highest BCUT2D eigenvalue weighted by Gasteiger charge is 2.20. The highest BCUT2D eigenvalue weighted by atomic mass is 35.5. The van der Waals surface area contributed by atoms with E-state index in [0.29, 0.717) is 27.8 Å². The SMILES string of the molecule is Cc1cc(OCc2nc(SCC(=O)NC3CCC(C)CC3)n[nH]2)ccc1Cl. The van der Waals surface area contributed by atoms with Crippen LogP contribution in [0, 0.1) is 12.8 Å². The number of benzene rings is 1. The molecular weight excluding hydrogens is 384 g/mol. The van der Waals surface area contributed by atoms with E-state index in [2.05, 4.69) is 27.4 Å². The Morgan fingerprint density at radius 2 is 2.15 bits per heavy atom. The Balaban J connectivity index is 1.41. The van der Waals surface area contributed by atoms with E-state index in [-0.39, 0.29) is 12.5 Å². The molecule has 1 aromatic carbocycles. The van der Waals surface area contributed by atoms with Gasteiger partial charge in [0.25, 0.3) is 0 Å². The lowest BCUT2D eigenvalue weighted by molar-refractivity contribution is -0.119. The summed E-state index contributed by atoms with van der Waals surface area (Å²) in [5.74, 6) is 2.48. The standard InChI is InChI=1S/C19H25ClN4O2S/c1-12-3-5-14(6-4-12)21-18(25)11-27-19-22-17(23-24-19)10-26-15-7-8-16(20)13(2)9-15/h7-9,12,14H,3-6,10-11H2,1-2H3,(H,21,25)(H,22,23,24). The van der Waals surface area contributed by atoms with Crippen molar-refractivity contribution in [3.05, 3.63) is 34.6 Å². The Labute approximate surface area is 168 Å². The molecule has 146 valence electrons. The van der Waals surface area contributed by atoms with Crippen LogP contribution in [0.15, 0.2) is 23.4 Å². The second kappa shape index (κ2) is 9.46. The number of halogens is 1. The Morgan fingerprint density at radius 3 is 2.89 bits per heavy atom. The van der Waals surface area contributed by atoms with Crippen LogP contribution in [0.25, 0.3) is 0 Å². The smallest absolute Gasteiger partial charge is 0.230 e. The van der Waals surface area contributed by atoms with E-state index in [9.17, 15) is 4.79 Å². The summed E-state index contributed by atoms with van der Waals surface area (Å²) in [4.78, 5) is 16.5. The van der Waals surface area contributed by atoms with Gasteiger partial charge >= 0.3 is 0 Å². The number of aromatic amines is 1. The summed E-state index contributed by atoms with van der Waals surface area (Å²) >= 11 is 7.34. The maximum absolute atomic E-state index is 12.1. The topological polar surface area (TPSA) is 79.9 Å². The molecule has 0 unspecified atom stereocenters. The number of nitrogens with one attached hydrogen (secondary N) is 2. The summed E-state index contributed by atoms with van der Waals surface area (Å²) in [5.41, 5.74) is 0.960. The van der Waals surface area contributed by atoms with Crippen LogP contribution in [0.1, 0.15) is 44.0 Å². The molecule has 3 rings (SSSR count). The zero-order valence-electron chi connectivity index (χ0n) is 15.6. The second-order valence-corrected chi connectivity index (χ2v) is 8.43. The molecule has 1 saturated carbocycles. The number of hydrogen-bond donors (Lipinski definition) is 2. The third kappa shape index (κ3) is 6.14. The van der Waals surface area contributed by atoms with E-state index in [1.165, 1.54) is 24.6 Å². The van der Waals surface area contributed by atoms with Crippen molar-refractivity contribution in [2.75, 3.05) is 5.75 Å². The van der Waals surface area contributed by atoms with Crippen LogP contribution in [0.2, 0.25) is 5.02 Å². The first kappa shape index (κ1) is 20.0. The van der Waals surface area contributed by atoms with Gasteiger partial charge in [0.05, 0.1) is 5.75 Å². The zero-order chi connectivity index (χ0) is 19.2. The minimum atomic E-state index is 0.0405. The normalized spacial score (nSPS) is 19.7. The van der Waals surface area contributed by atoms with Crippen LogP contribution in [-0.2, 0) is 11.4 Å². The van der Waals surface area contributed by atoms with Crippen molar-refractivity contribution in [1.82, 2.24) is 20.5 Å². The summed E-state index contributed by atoms with van der Waals surface area (Å²) in [6.07, 6.45) is 4.53. The van der Waals surface area contributed by atoms with Crippen LogP contribution in [0.4, 0.5) is 0 Å². The van der Waals surface area contributed by atoms with Crippen molar-refractivity contribution < 1.29 is 9.53 Å². The fourth-order valence-corrected chi connectivity index (χ4v) is 3.82. The number of carbonyl (C=O) groups is 1. The molecule has 1 fully saturated rings. The molecule has 1 heterocycles. The van der Waals surface area contributed by atoms with Crippen molar-refractivity contribution in [2.45, 2.75) is 57.3 Å². The van der Waals surface area contributed by atoms with Crippen molar-refractivity contribution in [1.29, 1.82) is 0 Å². The molecule has 0 bridgehead atoms. The van der Waals surface area contributed by atoms with E-state index < -0.39 is 0 Å². The number of amides is 1. The van der Waals surface area contributed by atoms with Crippen LogP contribution in [0.5, 0.6) is 5.75 Å². The minimum absolute atomic E-state index is 0.0405. The first-order valence-electron chi connectivity index (χ1n) is 9.22. The number of aryl methyl sites for hydroxylation is 1. The number of rotatable bonds is 7. The highest BCUT2D eigenvalue weighted by molar-refractivity contribution is 7.99. The van der Waals surface area contributed by atoms with Gasteiger partial charge in [-0.25, -0.2) is 4.98 Å². The molecule has 1 aromatic heterocycles. The van der Waals surface area contributed by atoms with Crippen LogP contribution >= 0.6 is 23.4 Å². The molecule has 2 N–H and O–H groups in total. The third-order valence-corrected chi connectivity index (χ3v) is 6.00. The van der Waals surface area contributed by atoms with Gasteiger partial charge in [-0.1, -0.05) is 30.3 Å². The first-order chi connectivity index (χ1) is 13.0. The minimum Gasteiger partial charge on any atom is -0.486 e. The highest BCUT2D eigenvalue weighted by Crippen LogP contribution is 2.24. The molecule has 6 nitrogen and oxygen atoms in total. The van der Waals surface area contributed by atoms with Crippen LogP contribution in [0.3, 0.4) is 0 Å². The molecule has 0 spiro atoms. The molecule has 2 aromatic rings. The summed E-state index contributed by atoms with van der Waals surface area (Å²) in [7, 11) is 0. The largest absolute Gasteiger partial charge is 0.486 e. The first-order valence-corrected chi connectivity index (χ1v) is 10.6. The summed E-state index contributed by atoms with van der Waals surface area (Å²) in [5, 5.41) is 11.4. The molecule has 1 aliphatic rings. The Morgan fingerprint density at radius 1 is 1.37 bits per heavy atom.